The Labute approximate surface area is 430 Å². The Morgan fingerprint density at radius 3 is 1.36 bits per heavy atom. The highest BCUT2D eigenvalue weighted by atomic mass is 15.1. The van der Waals surface area contributed by atoms with Crippen molar-refractivity contribution in [1.29, 1.82) is 0 Å². The number of aromatic nitrogens is 1. The molecule has 14 rings (SSSR count). The van der Waals surface area contributed by atoms with Crippen molar-refractivity contribution in [3.63, 3.8) is 0 Å². The summed E-state index contributed by atoms with van der Waals surface area (Å²) >= 11 is 0. The minimum Gasteiger partial charge on any atom is -0.310 e. The molecule has 0 saturated carbocycles. The van der Waals surface area contributed by atoms with Crippen molar-refractivity contribution >= 4 is 71.2 Å². The van der Waals surface area contributed by atoms with Crippen LogP contribution in [-0.2, 0) is 0 Å². The van der Waals surface area contributed by atoms with Crippen molar-refractivity contribution in [3.05, 3.63) is 291 Å². The largest absolute Gasteiger partial charge is 0.310 e. The van der Waals surface area contributed by atoms with Crippen LogP contribution in [0.4, 0.5) is 17.1 Å². The lowest BCUT2D eigenvalue weighted by Crippen LogP contribution is -2.10. The standard InChI is InChI=1S/C72H48N2/c1-4-17-49(18-5-1)58-44-59(50-19-6-2-7-20-50)46-60(45-58)52-35-40-63(41-36-52)73(62-38-33-51(34-39-62)54-37-42-66-56(43-54)32-31-53-21-10-12-27-65(53)66)64-26-16-23-57(47-64)71-67-28-13-11-22-55(67)48-70-72(71)68-29-14-15-30-69(68)74(70)61-24-8-3-9-25-61/h1-48H. The molecule has 2 nitrogen and oxygen atoms in total. The smallest absolute Gasteiger partial charge is 0.0553 e. The molecule has 0 saturated heterocycles. The van der Waals surface area contributed by atoms with Crippen LogP contribution in [0.15, 0.2) is 291 Å². The number of fused-ring (bicyclic) bond motifs is 7. The summed E-state index contributed by atoms with van der Waals surface area (Å²) in [6, 6.07) is 107. The second-order valence-corrected chi connectivity index (χ2v) is 19.3. The predicted molar refractivity (Wildman–Crippen MR) is 315 cm³/mol. The lowest BCUT2D eigenvalue weighted by molar-refractivity contribution is 1.18. The van der Waals surface area contributed by atoms with Gasteiger partial charge >= 0.3 is 0 Å². The minimum absolute atomic E-state index is 1.07. The van der Waals surface area contributed by atoms with E-state index in [9.17, 15) is 0 Å². The van der Waals surface area contributed by atoms with E-state index >= 15 is 0 Å². The molecule has 14 aromatic rings. The van der Waals surface area contributed by atoms with Crippen LogP contribution in [0.5, 0.6) is 0 Å². The zero-order valence-electron chi connectivity index (χ0n) is 40.6. The molecule has 346 valence electrons. The number of nitrogens with zero attached hydrogens (tertiary/aromatic N) is 2. The molecule has 0 atom stereocenters. The SMILES string of the molecule is c1ccc(-c2cc(-c3ccccc3)cc(-c3ccc(N(c4ccc(-c5ccc6c(ccc7ccccc76)c5)cc4)c4cccc(-c5c6ccccc6cc6c5c5ccccc5n6-c5ccccc5)c4)cc3)c2)cc1. The van der Waals surface area contributed by atoms with E-state index in [0.717, 1.165) is 33.9 Å². The fraction of sp³-hybridized carbons (Fsp3) is 0. The highest BCUT2D eigenvalue weighted by molar-refractivity contribution is 6.23. The van der Waals surface area contributed by atoms with Gasteiger partial charge in [-0.1, -0.05) is 206 Å². The van der Waals surface area contributed by atoms with Gasteiger partial charge in [-0.25, -0.2) is 0 Å². The molecule has 1 heterocycles. The average Bonchev–Trinajstić information content (AvgIpc) is 3.85. The monoisotopic (exact) mass is 940 g/mol. The van der Waals surface area contributed by atoms with Crippen LogP contribution >= 0.6 is 0 Å². The molecular weight excluding hydrogens is 893 g/mol. The van der Waals surface area contributed by atoms with Crippen molar-refractivity contribution in [2.45, 2.75) is 0 Å². The first-order chi connectivity index (χ1) is 36.7. The molecule has 0 fully saturated rings. The van der Waals surface area contributed by atoms with E-state index in [1.54, 1.807) is 0 Å². The first-order valence-electron chi connectivity index (χ1n) is 25.5. The van der Waals surface area contributed by atoms with Crippen molar-refractivity contribution in [1.82, 2.24) is 4.57 Å². The quantitative estimate of drug-likeness (QED) is 0.131. The average molecular weight is 941 g/mol. The van der Waals surface area contributed by atoms with Gasteiger partial charge in [0, 0.05) is 33.5 Å². The van der Waals surface area contributed by atoms with Gasteiger partial charge in [-0.05, 0) is 173 Å². The summed E-state index contributed by atoms with van der Waals surface area (Å²) < 4.78 is 2.43. The minimum atomic E-state index is 1.07. The first-order valence-corrected chi connectivity index (χ1v) is 25.5. The number of rotatable bonds is 9. The molecule has 0 bridgehead atoms. The summed E-state index contributed by atoms with van der Waals surface area (Å²) in [7, 11) is 0. The Bertz CT molecular complexity index is 4330. The van der Waals surface area contributed by atoms with Crippen LogP contribution < -0.4 is 4.90 Å². The van der Waals surface area contributed by atoms with E-state index in [1.807, 2.05) is 0 Å². The van der Waals surface area contributed by atoms with Crippen LogP contribution in [0, 0.1) is 0 Å². The Kier molecular flexibility index (Phi) is 10.6. The summed E-state index contributed by atoms with van der Waals surface area (Å²) in [6.45, 7) is 0. The zero-order chi connectivity index (χ0) is 49.0. The highest BCUT2D eigenvalue weighted by Crippen LogP contribution is 2.46. The third-order valence-corrected chi connectivity index (χ3v) is 14.9. The number of anilines is 3. The second kappa shape index (κ2) is 18.1. The van der Waals surface area contributed by atoms with Gasteiger partial charge in [-0.15, -0.1) is 0 Å². The maximum atomic E-state index is 2.43. The Morgan fingerprint density at radius 1 is 0.230 bits per heavy atom. The fourth-order valence-electron chi connectivity index (χ4n) is 11.4. The molecule has 0 spiro atoms. The van der Waals surface area contributed by atoms with Crippen LogP contribution in [0.2, 0.25) is 0 Å². The van der Waals surface area contributed by atoms with Gasteiger partial charge in [-0.2, -0.15) is 0 Å². The van der Waals surface area contributed by atoms with E-state index in [4.69, 9.17) is 0 Å². The first kappa shape index (κ1) is 43.1. The molecule has 0 radical (unpaired) electrons. The van der Waals surface area contributed by atoms with Crippen LogP contribution in [0.1, 0.15) is 0 Å². The van der Waals surface area contributed by atoms with Crippen molar-refractivity contribution in [2.24, 2.45) is 0 Å². The molecule has 0 unspecified atom stereocenters. The van der Waals surface area contributed by atoms with Crippen LogP contribution in [0.25, 0.3) is 115 Å². The van der Waals surface area contributed by atoms with Gasteiger partial charge in [0.1, 0.15) is 0 Å². The molecule has 0 amide bonds. The van der Waals surface area contributed by atoms with Gasteiger partial charge in [0.05, 0.1) is 11.0 Å². The molecule has 74 heavy (non-hydrogen) atoms. The third kappa shape index (κ3) is 7.60. The van der Waals surface area contributed by atoms with Crippen molar-refractivity contribution < 1.29 is 0 Å². The summed E-state index contributed by atoms with van der Waals surface area (Å²) in [5, 5.41) is 9.96. The lowest BCUT2D eigenvalue weighted by atomic mass is 9.92. The van der Waals surface area contributed by atoms with E-state index in [1.165, 1.54) is 98.6 Å². The van der Waals surface area contributed by atoms with E-state index in [-0.39, 0.29) is 0 Å². The zero-order valence-corrected chi connectivity index (χ0v) is 40.6. The van der Waals surface area contributed by atoms with Crippen molar-refractivity contribution in [3.8, 4) is 61.3 Å². The molecule has 0 aliphatic heterocycles. The van der Waals surface area contributed by atoms with Gasteiger partial charge in [0.25, 0.3) is 0 Å². The summed E-state index contributed by atoms with van der Waals surface area (Å²) in [4.78, 5) is 2.41. The summed E-state index contributed by atoms with van der Waals surface area (Å²) in [6.07, 6.45) is 0. The maximum Gasteiger partial charge on any atom is 0.0553 e. The van der Waals surface area contributed by atoms with Gasteiger partial charge in [0.15, 0.2) is 0 Å². The Morgan fingerprint density at radius 2 is 0.703 bits per heavy atom. The summed E-state index contributed by atoms with van der Waals surface area (Å²) in [5.41, 5.74) is 18.6. The highest BCUT2D eigenvalue weighted by Gasteiger charge is 2.21. The number of para-hydroxylation sites is 2. The van der Waals surface area contributed by atoms with Gasteiger partial charge in [-0.3, -0.25) is 0 Å². The van der Waals surface area contributed by atoms with E-state index in [2.05, 4.69) is 301 Å². The number of hydrogen-bond donors (Lipinski definition) is 0. The van der Waals surface area contributed by atoms with E-state index in [0.29, 0.717) is 0 Å². The molecular formula is C72H48N2. The van der Waals surface area contributed by atoms with Crippen LogP contribution in [-0.4, -0.2) is 4.57 Å². The number of hydrogen-bond acceptors (Lipinski definition) is 1. The van der Waals surface area contributed by atoms with Crippen molar-refractivity contribution in [2.75, 3.05) is 4.90 Å². The molecule has 0 aliphatic carbocycles. The number of benzene rings is 13. The molecule has 2 heteroatoms. The predicted octanol–water partition coefficient (Wildman–Crippen LogP) is 20.0. The Balaban J connectivity index is 0.926. The fourth-order valence-corrected chi connectivity index (χ4v) is 11.4. The molecule has 13 aromatic carbocycles. The maximum absolute atomic E-state index is 2.43. The van der Waals surface area contributed by atoms with Gasteiger partial charge in [0.2, 0.25) is 0 Å². The van der Waals surface area contributed by atoms with Gasteiger partial charge < -0.3 is 9.47 Å². The molecule has 1 aromatic heterocycles. The van der Waals surface area contributed by atoms with Crippen LogP contribution in [0.3, 0.4) is 0 Å². The topological polar surface area (TPSA) is 8.17 Å². The Hall–Kier alpha value is -9.76. The van der Waals surface area contributed by atoms with E-state index < -0.39 is 0 Å². The lowest BCUT2D eigenvalue weighted by Gasteiger charge is -2.27. The normalized spacial score (nSPS) is 11.5. The second-order valence-electron chi connectivity index (χ2n) is 19.3. The molecule has 0 N–H and O–H groups in total. The summed E-state index contributed by atoms with van der Waals surface area (Å²) in [5.74, 6) is 0. The third-order valence-electron chi connectivity index (χ3n) is 14.9. The molecule has 0 aliphatic rings.